The van der Waals surface area contributed by atoms with Gasteiger partial charge in [-0.25, -0.2) is 0 Å². The highest BCUT2D eigenvalue weighted by Crippen LogP contribution is 2.46. The first-order chi connectivity index (χ1) is 9.11. The largest absolute Gasteiger partial charge is 0.340 e. The number of hydrogen-bond donors (Lipinski definition) is 0. The molecule has 2 rings (SSSR count). The molecule has 19 heavy (non-hydrogen) atoms. The highest BCUT2D eigenvalue weighted by atomic mass is 16.2. The summed E-state index contributed by atoms with van der Waals surface area (Å²) in [4.78, 5) is 13.8. The molecule has 1 fully saturated rings. The normalized spacial score (nSPS) is 15.6. The predicted molar refractivity (Wildman–Crippen MR) is 74.2 cm³/mol. The molecule has 1 aliphatic carbocycles. The van der Waals surface area contributed by atoms with E-state index < -0.39 is 5.41 Å². The molecule has 0 unspecified atom stereocenters. The van der Waals surface area contributed by atoms with Gasteiger partial charge in [-0.2, -0.15) is 5.26 Å². The highest BCUT2D eigenvalue weighted by Gasteiger charge is 2.51. The van der Waals surface area contributed by atoms with Gasteiger partial charge in [0, 0.05) is 13.6 Å². The van der Waals surface area contributed by atoms with Crippen LogP contribution in [0.25, 0.3) is 0 Å². The average Bonchev–Trinajstić information content (AvgIpc) is 3.21. The summed E-state index contributed by atoms with van der Waals surface area (Å²) < 4.78 is 0. The summed E-state index contributed by atoms with van der Waals surface area (Å²) in [6.45, 7) is 2.74. The molecule has 0 heterocycles. The molecule has 0 atom stereocenters. The van der Waals surface area contributed by atoms with Gasteiger partial charge in [0.25, 0.3) is 0 Å². The first-order valence-corrected chi connectivity index (χ1v) is 6.86. The third-order valence-corrected chi connectivity index (χ3v) is 3.70. The van der Waals surface area contributed by atoms with E-state index in [0.29, 0.717) is 19.4 Å². The molecule has 0 bridgehead atoms. The molecule has 1 aromatic rings. The zero-order valence-electron chi connectivity index (χ0n) is 11.6. The molecule has 1 amide bonds. The molecule has 0 spiro atoms. The van der Waals surface area contributed by atoms with Gasteiger partial charge < -0.3 is 4.90 Å². The smallest absolute Gasteiger partial charge is 0.243 e. The van der Waals surface area contributed by atoms with Crippen LogP contribution in [0.15, 0.2) is 24.3 Å². The topological polar surface area (TPSA) is 44.1 Å². The second kappa shape index (κ2) is 5.44. The number of nitriles is 1. The molecule has 1 aromatic carbocycles. The van der Waals surface area contributed by atoms with Gasteiger partial charge in [0.15, 0.2) is 0 Å². The number of benzene rings is 1. The maximum absolute atomic E-state index is 12.1. The molecule has 1 aliphatic rings. The Morgan fingerprint density at radius 1 is 1.32 bits per heavy atom. The van der Waals surface area contributed by atoms with Crippen LogP contribution in [0.5, 0.6) is 0 Å². The molecule has 1 saturated carbocycles. The summed E-state index contributed by atoms with van der Waals surface area (Å²) in [6, 6.07) is 10.5. The third-order valence-electron chi connectivity index (χ3n) is 3.70. The molecule has 0 radical (unpaired) electrons. The van der Waals surface area contributed by atoms with Gasteiger partial charge in [0.05, 0.1) is 6.07 Å². The van der Waals surface area contributed by atoms with Gasteiger partial charge in [-0.15, -0.1) is 0 Å². The van der Waals surface area contributed by atoms with Crippen LogP contribution in [0, 0.1) is 16.7 Å². The fraction of sp³-hybridized carbons (Fsp3) is 0.500. The van der Waals surface area contributed by atoms with Crippen LogP contribution >= 0.6 is 0 Å². The number of carbonyl (C=O) groups excluding carboxylic acids is 1. The number of hydrogen-bond acceptors (Lipinski definition) is 2. The number of nitrogens with zero attached hydrogens (tertiary/aromatic N) is 2. The van der Waals surface area contributed by atoms with E-state index in [0.717, 1.165) is 18.4 Å². The Kier molecular flexibility index (Phi) is 3.90. The quantitative estimate of drug-likeness (QED) is 0.813. The van der Waals surface area contributed by atoms with Crippen LogP contribution in [0.4, 0.5) is 0 Å². The summed E-state index contributed by atoms with van der Waals surface area (Å²) in [6.07, 6.45) is 3.65. The van der Waals surface area contributed by atoms with E-state index in [4.69, 9.17) is 5.26 Å². The van der Waals surface area contributed by atoms with E-state index in [1.165, 1.54) is 5.56 Å². The van der Waals surface area contributed by atoms with Crippen molar-refractivity contribution in [2.45, 2.75) is 39.2 Å². The van der Waals surface area contributed by atoms with Crippen molar-refractivity contribution < 1.29 is 4.79 Å². The Bertz CT molecular complexity index is 494. The molecule has 0 aromatic heterocycles. The number of carbonyl (C=O) groups is 1. The lowest BCUT2D eigenvalue weighted by molar-refractivity contribution is -0.134. The van der Waals surface area contributed by atoms with Crippen molar-refractivity contribution in [3.63, 3.8) is 0 Å². The zero-order valence-corrected chi connectivity index (χ0v) is 11.6. The van der Waals surface area contributed by atoms with Crippen LogP contribution in [-0.2, 0) is 17.8 Å². The van der Waals surface area contributed by atoms with Crippen LogP contribution in [0.1, 0.15) is 37.3 Å². The minimum atomic E-state index is -0.711. The zero-order chi connectivity index (χ0) is 13.9. The molecule has 100 valence electrons. The van der Waals surface area contributed by atoms with Crippen molar-refractivity contribution in [1.29, 1.82) is 5.26 Å². The van der Waals surface area contributed by atoms with Crippen LogP contribution in [0.3, 0.4) is 0 Å². The molecular weight excluding hydrogens is 236 g/mol. The summed E-state index contributed by atoms with van der Waals surface area (Å²) >= 11 is 0. The summed E-state index contributed by atoms with van der Waals surface area (Å²) in [5.74, 6) is -0.0346. The van der Waals surface area contributed by atoms with Crippen molar-refractivity contribution in [2.24, 2.45) is 5.41 Å². The Balaban J connectivity index is 1.97. The fourth-order valence-electron chi connectivity index (χ4n) is 2.31. The second-order valence-corrected chi connectivity index (χ2v) is 5.42. The lowest BCUT2D eigenvalue weighted by Crippen LogP contribution is -2.32. The number of aryl methyl sites for hydroxylation is 1. The molecule has 0 N–H and O–H groups in total. The van der Waals surface area contributed by atoms with E-state index in [1.54, 1.807) is 11.9 Å². The van der Waals surface area contributed by atoms with Crippen molar-refractivity contribution in [3.8, 4) is 6.07 Å². The minimum absolute atomic E-state index is 0.0346. The Morgan fingerprint density at radius 2 is 1.89 bits per heavy atom. The van der Waals surface area contributed by atoms with Gasteiger partial charge in [-0.3, -0.25) is 4.79 Å². The standard InChI is InChI=1S/C16H20N2O/c1-3-4-13-5-7-14(8-6-13)11-18(2)15(19)16(12-17)9-10-16/h5-8H,3-4,9-11H2,1-2H3. The highest BCUT2D eigenvalue weighted by molar-refractivity contribution is 5.88. The maximum atomic E-state index is 12.1. The van der Waals surface area contributed by atoms with Gasteiger partial charge in [0.2, 0.25) is 5.91 Å². The van der Waals surface area contributed by atoms with Crippen molar-refractivity contribution in [1.82, 2.24) is 4.90 Å². The molecule has 3 nitrogen and oxygen atoms in total. The number of rotatable bonds is 5. The molecule has 3 heteroatoms. The second-order valence-electron chi connectivity index (χ2n) is 5.42. The summed E-state index contributed by atoms with van der Waals surface area (Å²) in [5, 5.41) is 9.04. The van der Waals surface area contributed by atoms with Crippen LogP contribution < -0.4 is 0 Å². The maximum Gasteiger partial charge on any atom is 0.243 e. The number of amides is 1. The van der Waals surface area contributed by atoms with E-state index in [9.17, 15) is 4.79 Å². The van der Waals surface area contributed by atoms with Gasteiger partial charge in [-0.1, -0.05) is 37.6 Å². The third kappa shape index (κ3) is 2.96. The van der Waals surface area contributed by atoms with Gasteiger partial charge in [-0.05, 0) is 30.4 Å². The van der Waals surface area contributed by atoms with Crippen LogP contribution in [0.2, 0.25) is 0 Å². The first-order valence-electron chi connectivity index (χ1n) is 6.86. The first kappa shape index (κ1) is 13.6. The summed E-state index contributed by atoms with van der Waals surface area (Å²) in [7, 11) is 1.78. The van der Waals surface area contributed by atoms with Crippen molar-refractivity contribution in [2.75, 3.05) is 7.05 Å². The lowest BCUT2D eigenvalue weighted by Gasteiger charge is -2.19. The SMILES string of the molecule is CCCc1ccc(CN(C)C(=O)C2(C#N)CC2)cc1. The van der Waals surface area contributed by atoms with E-state index in [-0.39, 0.29) is 5.91 Å². The van der Waals surface area contributed by atoms with E-state index in [2.05, 4.69) is 37.3 Å². The Morgan fingerprint density at radius 3 is 2.37 bits per heavy atom. The van der Waals surface area contributed by atoms with Gasteiger partial charge in [0.1, 0.15) is 5.41 Å². The Labute approximate surface area is 114 Å². The van der Waals surface area contributed by atoms with Crippen LogP contribution in [-0.4, -0.2) is 17.9 Å². The molecular formula is C16H20N2O. The molecule has 0 aliphatic heterocycles. The minimum Gasteiger partial charge on any atom is -0.340 e. The predicted octanol–water partition coefficient (Wildman–Crippen LogP) is 2.90. The monoisotopic (exact) mass is 256 g/mol. The lowest BCUT2D eigenvalue weighted by atomic mass is 10.1. The van der Waals surface area contributed by atoms with Crippen molar-refractivity contribution >= 4 is 5.91 Å². The average molecular weight is 256 g/mol. The Hall–Kier alpha value is -1.82. The van der Waals surface area contributed by atoms with Crippen molar-refractivity contribution in [3.05, 3.63) is 35.4 Å². The molecule has 0 saturated heterocycles. The van der Waals surface area contributed by atoms with E-state index >= 15 is 0 Å². The van der Waals surface area contributed by atoms with E-state index in [1.807, 2.05) is 0 Å². The fourth-order valence-corrected chi connectivity index (χ4v) is 2.31. The van der Waals surface area contributed by atoms with Gasteiger partial charge >= 0.3 is 0 Å². The summed E-state index contributed by atoms with van der Waals surface area (Å²) in [5.41, 5.74) is 1.73.